The molecule has 0 saturated carbocycles. The Labute approximate surface area is 105 Å². The maximum absolute atomic E-state index is 11.8. The zero-order chi connectivity index (χ0) is 12.8. The summed E-state index contributed by atoms with van der Waals surface area (Å²) in [6.07, 6.45) is 2.40. The number of piperidine rings is 1. The van der Waals surface area contributed by atoms with Crippen molar-refractivity contribution in [3.8, 4) is 0 Å². The second-order valence-corrected chi connectivity index (χ2v) is 5.10. The van der Waals surface area contributed by atoms with Gasteiger partial charge in [-0.05, 0) is 52.7 Å². The first-order valence-corrected chi connectivity index (χ1v) is 6.72. The Kier molecular flexibility index (Phi) is 5.92. The molecule has 1 unspecified atom stereocenters. The molecule has 1 aliphatic rings. The van der Waals surface area contributed by atoms with Crippen LogP contribution < -0.4 is 5.32 Å². The molecule has 0 aromatic carbocycles. The highest BCUT2D eigenvalue weighted by Crippen LogP contribution is 2.20. The van der Waals surface area contributed by atoms with Crippen molar-refractivity contribution in [2.75, 3.05) is 40.3 Å². The highest BCUT2D eigenvalue weighted by atomic mass is 16.2. The van der Waals surface area contributed by atoms with Crippen molar-refractivity contribution in [2.24, 2.45) is 5.92 Å². The number of nitrogens with one attached hydrogen (secondary N) is 1. The zero-order valence-electron chi connectivity index (χ0n) is 11.7. The van der Waals surface area contributed by atoms with E-state index in [1.54, 1.807) is 4.90 Å². The highest BCUT2D eigenvalue weighted by molar-refractivity contribution is 5.77. The molecular weight excluding hydrogens is 214 g/mol. The zero-order valence-corrected chi connectivity index (χ0v) is 11.7. The molecule has 0 bridgehead atoms. The SMILES string of the molecule is CCN(C)C(=O)CN1CCC(C(C)NC)CC1. The molecular formula is C13H27N3O. The number of rotatable bonds is 5. The lowest BCUT2D eigenvalue weighted by Gasteiger charge is -2.35. The number of likely N-dealkylation sites (tertiary alicyclic amines) is 1. The van der Waals surface area contributed by atoms with Crippen LogP contribution in [0.3, 0.4) is 0 Å². The Morgan fingerprint density at radius 3 is 2.53 bits per heavy atom. The Balaban J connectivity index is 2.30. The molecule has 0 aromatic rings. The Hall–Kier alpha value is -0.610. The minimum atomic E-state index is 0.243. The summed E-state index contributed by atoms with van der Waals surface area (Å²) in [4.78, 5) is 15.9. The standard InChI is InChI=1S/C13H27N3O/c1-5-15(4)13(17)10-16-8-6-12(7-9-16)11(2)14-3/h11-12,14H,5-10H2,1-4H3. The molecule has 0 aliphatic carbocycles. The maximum Gasteiger partial charge on any atom is 0.236 e. The van der Waals surface area contributed by atoms with Crippen LogP contribution in [0.15, 0.2) is 0 Å². The van der Waals surface area contributed by atoms with Crippen LogP contribution in [0.4, 0.5) is 0 Å². The Bertz CT molecular complexity index is 237. The fourth-order valence-corrected chi connectivity index (χ4v) is 2.34. The lowest BCUT2D eigenvalue weighted by molar-refractivity contribution is -0.131. The minimum absolute atomic E-state index is 0.243. The molecule has 1 aliphatic heterocycles. The Morgan fingerprint density at radius 1 is 1.47 bits per heavy atom. The quantitative estimate of drug-likeness (QED) is 0.773. The van der Waals surface area contributed by atoms with Crippen LogP contribution in [-0.4, -0.2) is 62.0 Å². The molecule has 1 atom stereocenters. The van der Waals surface area contributed by atoms with E-state index >= 15 is 0 Å². The molecule has 1 amide bonds. The number of carbonyl (C=O) groups is 1. The fraction of sp³-hybridized carbons (Fsp3) is 0.923. The third-order valence-corrected chi connectivity index (χ3v) is 4.05. The van der Waals surface area contributed by atoms with Crippen LogP contribution >= 0.6 is 0 Å². The molecule has 4 nitrogen and oxygen atoms in total. The minimum Gasteiger partial charge on any atom is -0.345 e. The van der Waals surface area contributed by atoms with Gasteiger partial charge < -0.3 is 10.2 Å². The van der Waals surface area contributed by atoms with Gasteiger partial charge in [-0.2, -0.15) is 0 Å². The molecule has 1 rings (SSSR count). The first kappa shape index (κ1) is 14.5. The maximum atomic E-state index is 11.8. The van der Waals surface area contributed by atoms with Crippen molar-refractivity contribution in [1.82, 2.24) is 15.1 Å². The summed E-state index contributed by atoms with van der Waals surface area (Å²) >= 11 is 0. The number of hydrogen-bond acceptors (Lipinski definition) is 3. The number of amides is 1. The van der Waals surface area contributed by atoms with E-state index in [4.69, 9.17) is 0 Å². The summed E-state index contributed by atoms with van der Waals surface area (Å²) < 4.78 is 0. The molecule has 0 radical (unpaired) electrons. The molecule has 1 saturated heterocycles. The number of likely N-dealkylation sites (N-methyl/N-ethyl adjacent to an activating group) is 1. The van der Waals surface area contributed by atoms with Gasteiger partial charge in [0.25, 0.3) is 0 Å². The molecule has 0 spiro atoms. The van der Waals surface area contributed by atoms with Crippen LogP contribution in [0.1, 0.15) is 26.7 Å². The van der Waals surface area contributed by atoms with E-state index in [0.29, 0.717) is 12.6 Å². The van der Waals surface area contributed by atoms with Crippen LogP contribution in [0, 0.1) is 5.92 Å². The van der Waals surface area contributed by atoms with E-state index in [1.165, 1.54) is 12.8 Å². The second kappa shape index (κ2) is 6.97. The van der Waals surface area contributed by atoms with Crippen LogP contribution in [0.5, 0.6) is 0 Å². The van der Waals surface area contributed by atoms with Gasteiger partial charge in [-0.1, -0.05) is 0 Å². The van der Waals surface area contributed by atoms with Crippen molar-refractivity contribution >= 4 is 5.91 Å². The summed E-state index contributed by atoms with van der Waals surface area (Å²) in [5, 5.41) is 3.32. The molecule has 100 valence electrons. The number of carbonyl (C=O) groups excluding carboxylic acids is 1. The lowest BCUT2D eigenvalue weighted by Crippen LogP contribution is -2.45. The van der Waals surface area contributed by atoms with Crippen molar-refractivity contribution in [2.45, 2.75) is 32.7 Å². The Morgan fingerprint density at radius 2 is 2.06 bits per heavy atom. The summed E-state index contributed by atoms with van der Waals surface area (Å²) in [6, 6.07) is 0.589. The average molecular weight is 241 g/mol. The topological polar surface area (TPSA) is 35.6 Å². The van der Waals surface area contributed by atoms with Gasteiger partial charge in [0.2, 0.25) is 5.91 Å². The van der Waals surface area contributed by atoms with Gasteiger partial charge in [0, 0.05) is 19.6 Å². The van der Waals surface area contributed by atoms with E-state index in [0.717, 1.165) is 25.6 Å². The van der Waals surface area contributed by atoms with E-state index in [9.17, 15) is 4.79 Å². The smallest absolute Gasteiger partial charge is 0.236 e. The normalized spacial score (nSPS) is 20.2. The lowest BCUT2D eigenvalue weighted by atomic mass is 9.90. The molecule has 0 aromatic heterocycles. The third-order valence-electron chi connectivity index (χ3n) is 4.05. The summed E-state index contributed by atoms with van der Waals surface area (Å²) in [5.74, 6) is 1.00. The second-order valence-electron chi connectivity index (χ2n) is 5.10. The fourth-order valence-electron chi connectivity index (χ4n) is 2.34. The predicted octanol–water partition coefficient (Wildman–Crippen LogP) is 0.785. The van der Waals surface area contributed by atoms with E-state index in [-0.39, 0.29) is 5.91 Å². The summed E-state index contributed by atoms with van der Waals surface area (Å²) in [7, 11) is 3.90. The molecule has 4 heteroatoms. The van der Waals surface area contributed by atoms with Gasteiger partial charge in [-0.25, -0.2) is 0 Å². The monoisotopic (exact) mass is 241 g/mol. The van der Waals surface area contributed by atoms with Gasteiger partial charge in [-0.15, -0.1) is 0 Å². The van der Waals surface area contributed by atoms with E-state index in [2.05, 4.69) is 17.1 Å². The average Bonchev–Trinajstić information content (AvgIpc) is 2.37. The van der Waals surface area contributed by atoms with Gasteiger partial charge in [0.05, 0.1) is 6.54 Å². The number of hydrogen-bond donors (Lipinski definition) is 1. The van der Waals surface area contributed by atoms with Gasteiger partial charge in [0.1, 0.15) is 0 Å². The summed E-state index contributed by atoms with van der Waals surface area (Å²) in [5.41, 5.74) is 0. The van der Waals surface area contributed by atoms with Crippen LogP contribution in [0.2, 0.25) is 0 Å². The van der Waals surface area contributed by atoms with Gasteiger partial charge in [0.15, 0.2) is 0 Å². The van der Waals surface area contributed by atoms with Crippen molar-refractivity contribution in [1.29, 1.82) is 0 Å². The largest absolute Gasteiger partial charge is 0.345 e. The van der Waals surface area contributed by atoms with Crippen LogP contribution in [-0.2, 0) is 4.79 Å². The first-order chi connectivity index (χ1) is 8.08. The molecule has 17 heavy (non-hydrogen) atoms. The molecule has 1 fully saturated rings. The van der Waals surface area contributed by atoms with Crippen molar-refractivity contribution < 1.29 is 4.79 Å². The molecule has 1 heterocycles. The van der Waals surface area contributed by atoms with Gasteiger partial charge in [-0.3, -0.25) is 9.69 Å². The van der Waals surface area contributed by atoms with E-state index < -0.39 is 0 Å². The number of nitrogens with zero attached hydrogens (tertiary/aromatic N) is 2. The van der Waals surface area contributed by atoms with Crippen molar-refractivity contribution in [3.63, 3.8) is 0 Å². The third kappa shape index (κ3) is 4.28. The van der Waals surface area contributed by atoms with E-state index in [1.807, 2.05) is 21.0 Å². The van der Waals surface area contributed by atoms with Crippen LogP contribution in [0.25, 0.3) is 0 Å². The van der Waals surface area contributed by atoms with Gasteiger partial charge >= 0.3 is 0 Å². The first-order valence-electron chi connectivity index (χ1n) is 6.72. The summed E-state index contributed by atoms with van der Waals surface area (Å²) in [6.45, 7) is 7.76. The predicted molar refractivity (Wildman–Crippen MR) is 71.0 cm³/mol. The van der Waals surface area contributed by atoms with Crippen molar-refractivity contribution in [3.05, 3.63) is 0 Å². The highest BCUT2D eigenvalue weighted by Gasteiger charge is 2.24. The molecule has 1 N–H and O–H groups in total.